The van der Waals surface area contributed by atoms with Crippen LogP contribution in [0, 0.1) is 12.8 Å². The summed E-state index contributed by atoms with van der Waals surface area (Å²) in [7, 11) is 1.74. The number of pyridine rings is 2. The van der Waals surface area contributed by atoms with E-state index < -0.39 is 12.0 Å². The summed E-state index contributed by atoms with van der Waals surface area (Å²) in [6.07, 6.45) is 3.45. The van der Waals surface area contributed by atoms with Gasteiger partial charge in [-0.25, -0.2) is 19.7 Å². The third kappa shape index (κ3) is 7.82. The largest absolute Gasteiger partial charge is 0.480 e. The quantitative estimate of drug-likeness (QED) is 0.380. The van der Waals surface area contributed by atoms with Gasteiger partial charge in [0.2, 0.25) is 5.91 Å². The van der Waals surface area contributed by atoms with Crippen molar-refractivity contribution in [2.24, 2.45) is 5.92 Å². The van der Waals surface area contributed by atoms with Crippen molar-refractivity contribution < 1.29 is 14.7 Å². The van der Waals surface area contributed by atoms with Gasteiger partial charge in [0.05, 0.1) is 17.1 Å². The van der Waals surface area contributed by atoms with Crippen LogP contribution in [0.15, 0.2) is 42.7 Å². The van der Waals surface area contributed by atoms with Gasteiger partial charge < -0.3 is 20.6 Å². The van der Waals surface area contributed by atoms with E-state index in [0.29, 0.717) is 16.8 Å². The number of hydrogen-bond acceptors (Lipinski definition) is 8. The predicted octanol–water partition coefficient (Wildman–Crippen LogP) is 4.16. The van der Waals surface area contributed by atoms with Crippen LogP contribution in [0.2, 0.25) is 0 Å². The lowest BCUT2D eigenvalue weighted by Crippen LogP contribution is -2.47. The zero-order valence-electron chi connectivity index (χ0n) is 19.2. The Morgan fingerprint density at radius 2 is 1.88 bits per heavy atom. The molecule has 0 aliphatic rings. The monoisotopic (exact) mass is 526 g/mol. The summed E-state index contributed by atoms with van der Waals surface area (Å²) in [5.41, 5.74) is 1.84. The first-order valence-corrected chi connectivity index (χ1v) is 10.9. The second-order valence-electron chi connectivity index (χ2n) is 7.74. The van der Waals surface area contributed by atoms with Gasteiger partial charge >= 0.3 is 5.97 Å². The number of carbonyl (C=O) groups is 2. The highest BCUT2D eigenvalue weighted by Gasteiger charge is 2.24. The molecule has 1 amide bonds. The maximum atomic E-state index is 12.3. The fraction of sp³-hybridized carbons (Fsp3) is 0.318. The fourth-order valence-electron chi connectivity index (χ4n) is 2.95. The Balaban J connectivity index is 0.00000289. The van der Waals surface area contributed by atoms with Crippen LogP contribution in [-0.4, -0.2) is 51.6 Å². The molecular weight excluding hydrogens is 499 g/mol. The Kier molecular flexibility index (Phi) is 11.2. The summed E-state index contributed by atoms with van der Waals surface area (Å²) in [4.78, 5) is 39.4. The van der Waals surface area contributed by atoms with Crippen molar-refractivity contribution in [3.8, 4) is 10.6 Å². The molecule has 3 aromatic heterocycles. The van der Waals surface area contributed by atoms with E-state index in [-0.39, 0.29) is 43.2 Å². The van der Waals surface area contributed by atoms with Crippen LogP contribution in [0.1, 0.15) is 19.4 Å². The Hall–Kier alpha value is -2.95. The van der Waals surface area contributed by atoms with Gasteiger partial charge in [0.25, 0.3) is 0 Å². The lowest BCUT2D eigenvalue weighted by atomic mass is 10.1. The van der Waals surface area contributed by atoms with Crippen LogP contribution in [0.25, 0.3) is 10.6 Å². The van der Waals surface area contributed by atoms with E-state index in [1.807, 2.05) is 37.3 Å². The molecule has 0 aliphatic carbocycles. The first kappa shape index (κ1) is 29.1. The van der Waals surface area contributed by atoms with Gasteiger partial charge in [-0.3, -0.25) is 4.79 Å². The van der Waals surface area contributed by atoms with Crippen molar-refractivity contribution >= 4 is 64.8 Å². The number of anilines is 3. The van der Waals surface area contributed by atoms with E-state index in [1.165, 1.54) is 11.3 Å². The number of amides is 1. The molecule has 3 aromatic rings. The second kappa shape index (κ2) is 13.1. The smallest absolute Gasteiger partial charge is 0.326 e. The average Bonchev–Trinajstić information content (AvgIpc) is 3.22. The van der Waals surface area contributed by atoms with Crippen LogP contribution in [0.5, 0.6) is 0 Å². The summed E-state index contributed by atoms with van der Waals surface area (Å²) in [5, 5.41) is 15.6. The third-order valence-electron chi connectivity index (χ3n) is 4.62. The van der Waals surface area contributed by atoms with Crippen molar-refractivity contribution in [1.29, 1.82) is 0 Å². The first-order chi connectivity index (χ1) is 15.2. The van der Waals surface area contributed by atoms with Crippen LogP contribution in [0.3, 0.4) is 0 Å². The number of aliphatic carboxylic acids is 1. The number of thiazole rings is 1. The van der Waals surface area contributed by atoms with Crippen molar-refractivity contribution in [1.82, 2.24) is 20.3 Å². The molecule has 184 valence electrons. The zero-order chi connectivity index (χ0) is 23.3. The van der Waals surface area contributed by atoms with Crippen molar-refractivity contribution in [2.45, 2.75) is 26.8 Å². The Morgan fingerprint density at radius 3 is 2.53 bits per heavy atom. The molecule has 9 nitrogen and oxygen atoms in total. The van der Waals surface area contributed by atoms with E-state index in [2.05, 4.69) is 25.6 Å². The molecule has 34 heavy (non-hydrogen) atoms. The number of likely N-dealkylation sites (N-methyl/N-ethyl adjacent to an activating group) is 1. The molecule has 0 bridgehead atoms. The maximum Gasteiger partial charge on any atom is 0.326 e. The number of aryl methyl sites for hydroxylation is 1. The molecule has 0 unspecified atom stereocenters. The molecule has 1 atom stereocenters. The normalized spacial score (nSPS) is 11.1. The minimum atomic E-state index is -1.05. The zero-order valence-corrected chi connectivity index (χ0v) is 21.6. The molecule has 3 N–H and O–H groups in total. The number of hydrogen-bond donors (Lipinski definition) is 3. The molecular formula is C22H28Cl2N6O3S. The molecule has 0 fully saturated rings. The van der Waals surface area contributed by atoms with Gasteiger partial charge in [0, 0.05) is 19.4 Å². The van der Waals surface area contributed by atoms with Gasteiger partial charge in [-0.15, -0.1) is 24.8 Å². The lowest BCUT2D eigenvalue weighted by molar-refractivity contribution is -0.142. The van der Waals surface area contributed by atoms with Crippen LogP contribution in [0.4, 0.5) is 16.8 Å². The molecule has 0 saturated heterocycles. The number of halogens is 2. The third-order valence-corrected chi connectivity index (χ3v) is 5.76. The second-order valence-corrected chi connectivity index (χ2v) is 8.75. The minimum Gasteiger partial charge on any atom is -0.480 e. The number of carbonyl (C=O) groups excluding carboxylic acids is 1. The van der Waals surface area contributed by atoms with E-state index in [0.717, 1.165) is 16.1 Å². The van der Waals surface area contributed by atoms with E-state index >= 15 is 0 Å². The molecule has 0 saturated carbocycles. The minimum absolute atomic E-state index is 0. The number of aromatic nitrogens is 3. The molecule has 12 heteroatoms. The maximum absolute atomic E-state index is 12.3. The molecule has 0 aromatic carbocycles. The predicted molar refractivity (Wildman–Crippen MR) is 140 cm³/mol. The number of nitrogens with one attached hydrogen (secondary N) is 2. The number of carboxylic acids is 1. The van der Waals surface area contributed by atoms with E-state index in [4.69, 9.17) is 0 Å². The van der Waals surface area contributed by atoms with E-state index in [1.54, 1.807) is 38.2 Å². The Morgan fingerprint density at radius 1 is 1.15 bits per heavy atom. The topological polar surface area (TPSA) is 120 Å². The van der Waals surface area contributed by atoms with Gasteiger partial charge in [-0.1, -0.05) is 31.3 Å². The Labute approximate surface area is 214 Å². The summed E-state index contributed by atoms with van der Waals surface area (Å²) < 4.78 is 0. The molecule has 0 aliphatic heterocycles. The fourth-order valence-corrected chi connectivity index (χ4v) is 3.80. The van der Waals surface area contributed by atoms with Gasteiger partial charge in [-0.2, -0.15) is 0 Å². The Bertz CT molecular complexity index is 1110. The molecule has 3 rings (SSSR count). The highest BCUT2D eigenvalue weighted by Crippen LogP contribution is 2.30. The lowest BCUT2D eigenvalue weighted by Gasteiger charge is -2.20. The molecule has 0 radical (unpaired) electrons. The number of rotatable bonds is 9. The summed E-state index contributed by atoms with van der Waals surface area (Å²) in [5.74, 6) is -0.258. The highest BCUT2D eigenvalue weighted by molar-refractivity contribution is 7.18. The SMILES string of the molecule is Cc1ccnc(Nc2cccc(-c3cnc(N(C)CC(=O)N[C@H](C(=O)O)C(C)C)s3)n2)c1.Cl.Cl. The van der Waals surface area contributed by atoms with Crippen molar-refractivity contribution in [3.05, 3.63) is 48.3 Å². The summed E-state index contributed by atoms with van der Waals surface area (Å²) >= 11 is 1.40. The van der Waals surface area contributed by atoms with Gasteiger partial charge in [0.1, 0.15) is 17.7 Å². The van der Waals surface area contributed by atoms with Crippen molar-refractivity contribution in [3.63, 3.8) is 0 Å². The van der Waals surface area contributed by atoms with Gasteiger partial charge in [-0.05, 0) is 42.7 Å². The summed E-state index contributed by atoms with van der Waals surface area (Å²) in [6, 6.07) is 8.58. The number of nitrogens with zero attached hydrogens (tertiary/aromatic N) is 4. The van der Waals surface area contributed by atoms with E-state index in [9.17, 15) is 14.7 Å². The van der Waals surface area contributed by atoms with Crippen LogP contribution >= 0.6 is 36.2 Å². The average molecular weight is 527 g/mol. The molecule has 3 heterocycles. The van der Waals surface area contributed by atoms with Crippen LogP contribution < -0.4 is 15.5 Å². The highest BCUT2D eigenvalue weighted by atomic mass is 35.5. The number of carboxylic acid groups (broad SMARTS) is 1. The summed E-state index contributed by atoms with van der Waals surface area (Å²) in [6.45, 7) is 5.50. The standard InChI is InChI=1S/C22H26N6O3S.2ClH/c1-13(2)20(21(30)31)27-19(29)12-28(4)22-24-11-16(32-22)15-6-5-7-17(25-15)26-18-10-14(3)8-9-23-18;;/h5-11,13,20H,12H2,1-4H3,(H,27,29)(H,30,31)(H,23,25,26);2*1H/t20-;;/m0../s1. The van der Waals surface area contributed by atoms with Gasteiger partial charge in [0.15, 0.2) is 5.13 Å². The molecule has 0 spiro atoms. The van der Waals surface area contributed by atoms with Crippen LogP contribution in [-0.2, 0) is 9.59 Å². The first-order valence-electron chi connectivity index (χ1n) is 10.1. The van der Waals surface area contributed by atoms with Crippen molar-refractivity contribution in [2.75, 3.05) is 23.8 Å².